The molecule has 3 aliphatic carbocycles. The molecular formula is C25H32Cl2N4O9. The van der Waals surface area contributed by atoms with E-state index in [2.05, 4.69) is 10.6 Å². The van der Waals surface area contributed by atoms with Crippen LogP contribution in [0.1, 0.15) is 24.0 Å². The molecule has 13 nitrogen and oxygen atoms in total. The second kappa shape index (κ2) is 11.4. The normalized spacial score (nSPS) is 29.1. The fourth-order valence-corrected chi connectivity index (χ4v) is 6.07. The monoisotopic (exact) mass is 602 g/mol. The number of carbonyl (C=O) groups is 4. The van der Waals surface area contributed by atoms with Gasteiger partial charge in [0.05, 0.1) is 35.9 Å². The van der Waals surface area contributed by atoms with E-state index < -0.39 is 87.3 Å². The number of nitrogens with one attached hydrogen (secondary N) is 2. The maximum Gasteiger partial charge on any atom is 0.255 e. The molecular weight excluding hydrogens is 571 g/mol. The molecule has 3 aliphatic rings. The number of aliphatic hydroxyl groups is 4. The Morgan fingerprint density at radius 2 is 1.73 bits per heavy atom. The summed E-state index contributed by atoms with van der Waals surface area (Å²) in [6, 6.07) is 1.50. The number of halogens is 2. The van der Waals surface area contributed by atoms with Crippen LogP contribution in [0.3, 0.4) is 0 Å². The number of benzene rings is 1. The van der Waals surface area contributed by atoms with Crippen molar-refractivity contribution in [2.75, 3.05) is 33.0 Å². The van der Waals surface area contributed by atoms with Gasteiger partial charge in [0.2, 0.25) is 11.7 Å². The number of phenolic OH excluding ortho intramolecular Hbond substituents is 1. The summed E-state index contributed by atoms with van der Waals surface area (Å²) in [4.78, 5) is 52.5. The van der Waals surface area contributed by atoms with Gasteiger partial charge in [0, 0.05) is 11.5 Å². The van der Waals surface area contributed by atoms with E-state index in [-0.39, 0.29) is 42.6 Å². The van der Waals surface area contributed by atoms with Gasteiger partial charge in [0.25, 0.3) is 5.91 Å². The highest BCUT2D eigenvalue weighted by atomic mass is 35.5. The number of aliphatic hydroxyl groups excluding tert-OH is 3. The molecule has 0 aromatic heterocycles. The molecule has 15 heteroatoms. The van der Waals surface area contributed by atoms with Crippen LogP contribution >= 0.6 is 24.8 Å². The van der Waals surface area contributed by atoms with Crippen molar-refractivity contribution >= 4 is 59.6 Å². The second-order valence-electron chi connectivity index (χ2n) is 10.1. The molecule has 0 heterocycles. The zero-order chi connectivity index (χ0) is 28.4. The molecule has 0 aliphatic heterocycles. The van der Waals surface area contributed by atoms with Crippen molar-refractivity contribution in [3.63, 3.8) is 0 Å². The van der Waals surface area contributed by atoms with Crippen molar-refractivity contribution in [2.24, 2.45) is 17.6 Å². The minimum Gasteiger partial charge on any atom is -0.508 e. The average Bonchev–Trinajstić information content (AvgIpc) is 2.82. The molecule has 220 valence electrons. The van der Waals surface area contributed by atoms with Gasteiger partial charge in [-0.15, -0.1) is 24.8 Å². The number of Topliss-reactive ketones (excluding diaryl/α,β-unsaturated/α-hetero) is 2. The first kappa shape index (κ1) is 33.0. The van der Waals surface area contributed by atoms with Crippen molar-refractivity contribution in [2.45, 2.75) is 30.6 Å². The summed E-state index contributed by atoms with van der Waals surface area (Å²) in [5.41, 5.74) is 0.889. The maximum absolute atomic E-state index is 13.9. The van der Waals surface area contributed by atoms with Crippen LogP contribution in [0.4, 0.5) is 5.69 Å². The molecule has 1 aromatic carbocycles. The Kier molecular flexibility index (Phi) is 9.37. The number of rotatable bonds is 5. The van der Waals surface area contributed by atoms with Gasteiger partial charge in [0.15, 0.2) is 11.4 Å². The molecule has 1 saturated carbocycles. The van der Waals surface area contributed by atoms with Crippen LogP contribution in [0.25, 0.3) is 5.76 Å². The van der Waals surface area contributed by atoms with Gasteiger partial charge in [-0.2, -0.15) is 0 Å². The number of primary amides is 1. The number of likely N-dealkylation sites (N-methyl/N-ethyl adjacent to an activating group) is 2. The predicted octanol–water partition coefficient (Wildman–Crippen LogP) is -0.503. The Hall–Kier alpha value is -3.20. The zero-order valence-corrected chi connectivity index (χ0v) is 23.6. The number of nitrogens with two attached hydrogens (primary N) is 1. The molecule has 0 spiro atoms. The third-order valence-electron chi connectivity index (χ3n) is 7.74. The SMILES string of the molecule is CNCC(=O)Nc1ccc2c(c1O)C(O)=C1C(=O)[C@]3(O)C(O)=C(C(N)=O)C(=O)[C@@H](N(C)C)C3C(O)C1C2C.Cl.Cl. The minimum atomic E-state index is -2.99. The van der Waals surface area contributed by atoms with Crippen molar-refractivity contribution in [1.29, 1.82) is 0 Å². The molecule has 0 radical (unpaired) electrons. The van der Waals surface area contributed by atoms with E-state index >= 15 is 0 Å². The summed E-state index contributed by atoms with van der Waals surface area (Å²) < 4.78 is 0. The van der Waals surface area contributed by atoms with E-state index in [0.29, 0.717) is 5.56 Å². The number of hydrogen-bond donors (Lipinski definition) is 8. The van der Waals surface area contributed by atoms with Crippen molar-refractivity contribution in [1.82, 2.24) is 10.2 Å². The first-order chi connectivity index (χ1) is 17.7. The number of aromatic hydroxyl groups is 1. The molecule has 9 N–H and O–H groups in total. The molecule has 0 saturated heterocycles. The number of anilines is 1. The Labute approximate surface area is 241 Å². The molecule has 4 rings (SSSR count). The third-order valence-corrected chi connectivity index (χ3v) is 7.74. The molecule has 0 bridgehead atoms. The summed E-state index contributed by atoms with van der Waals surface area (Å²) in [5.74, 6) is -10.3. The lowest BCUT2D eigenvalue weighted by atomic mass is 9.54. The second-order valence-corrected chi connectivity index (χ2v) is 10.1. The molecule has 4 unspecified atom stereocenters. The van der Waals surface area contributed by atoms with Crippen LogP contribution in [0.2, 0.25) is 0 Å². The molecule has 6 atom stereocenters. The van der Waals surface area contributed by atoms with E-state index in [1.165, 1.54) is 31.1 Å². The van der Waals surface area contributed by atoms with Crippen LogP contribution in [0.5, 0.6) is 5.75 Å². The lowest BCUT2D eigenvalue weighted by Crippen LogP contribution is -2.70. The van der Waals surface area contributed by atoms with Gasteiger partial charge >= 0.3 is 0 Å². The molecule has 1 aromatic rings. The number of hydrogen-bond acceptors (Lipinski definition) is 11. The first-order valence-electron chi connectivity index (χ1n) is 11.8. The molecule has 1 fully saturated rings. The smallest absolute Gasteiger partial charge is 0.255 e. The first-order valence-corrected chi connectivity index (χ1v) is 11.8. The highest BCUT2D eigenvalue weighted by Gasteiger charge is 2.68. The highest BCUT2D eigenvalue weighted by Crippen LogP contribution is 2.56. The Balaban J connectivity index is 0.00000280. The lowest BCUT2D eigenvalue weighted by molar-refractivity contribution is -0.169. The lowest BCUT2D eigenvalue weighted by Gasteiger charge is -2.53. The fourth-order valence-electron chi connectivity index (χ4n) is 6.07. The highest BCUT2D eigenvalue weighted by molar-refractivity contribution is 6.24. The molecule has 40 heavy (non-hydrogen) atoms. The Bertz CT molecular complexity index is 1350. The van der Waals surface area contributed by atoms with Gasteiger partial charge in [-0.25, -0.2) is 0 Å². The minimum absolute atomic E-state index is 0. The van der Waals surface area contributed by atoms with Gasteiger partial charge < -0.3 is 41.9 Å². The molecule has 2 amide bonds. The largest absolute Gasteiger partial charge is 0.508 e. The van der Waals surface area contributed by atoms with Crippen molar-refractivity contribution in [3.8, 4) is 5.75 Å². The summed E-state index contributed by atoms with van der Waals surface area (Å²) in [7, 11) is 4.42. The maximum atomic E-state index is 13.9. The van der Waals surface area contributed by atoms with Crippen LogP contribution in [0.15, 0.2) is 29.0 Å². The number of nitrogens with zero attached hydrogens (tertiary/aromatic N) is 1. The summed E-state index contributed by atoms with van der Waals surface area (Å²) in [5, 5.41) is 61.5. The average molecular weight is 603 g/mol. The summed E-state index contributed by atoms with van der Waals surface area (Å²) >= 11 is 0. The number of ketones is 2. The van der Waals surface area contributed by atoms with Crippen molar-refractivity contribution in [3.05, 3.63) is 40.2 Å². The topological polar surface area (TPSA) is 223 Å². The number of amides is 2. The van der Waals surface area contributed by atoms with Gasteiger partial charge in [0.1, 0.15) is 22.8 Å². The Morgan fingerprint density at radius 1 is 1.12 bits per heavy atom. The van der Waals surface area contributed by atoms with Gasteiger partial charge in [-0.05, 0) is 38.7 Å². The third kappa shape index (κ3) is 4.42. The Morgan fingerprint density at radius 3 is 2.25 bits per heavy atom. The van der Waals surface area contributed by atoms with Gasteiger partial charge in [-0.3, -0.25) is 24.1 Å². The number of fused-ring (bicyclic) bond motifs is 3. The van der Waals surface area contributed by atoms with E-state index in [1.54, 1.807) is 14.0 Å². The number of carbonyl (C=O) groups excluding carboxylic acids is 4. The van der Waals surface area contributed by atoms with Crippen LogP contribution in [-0.2, 0) is 19.2 Å². The van der Waals surface area contributed by atoms with E-state index in [9.17, 15) is 44.7 Å². The van der Waals surface area contributed by atoms with Crippen molar-refractivity contribution < 1.29 is 44.7 Å². The fraction of sp³-hybridized carbons (Fsp3) is 0.440. The standard InChI is InChI=1S/C25H30N4O9.2ClH/c1-8-9-5-6-10(28-11(30)7-27-2)18(31)13(9)19(32)14-12(8)20(33)16-17(29(3)4)21(34)15(24(26)37)23(36)25(16,38)22(14)35;;/h5-6,8,12,16-17,20,27,31-33,36,38H,7H2,1-4H3,(H2,26,37)(H,28,30);2*1H/t8?,12?,16?,17-,20?,25-;;/m0../s1. The predicted molar refractivity (Wildman–Crippen MR) is 147 cm³/mol. The van der Waals surface area contributed by atoms with E-state index in [0.717, 1.165) is 0 Å². The van der Waals surface area contributed by atoms with Crippen LogP contribution in [-0.4, -0.2) is 99.2 Å². The quantitative estimate of drug-likeness (QED) is 0.158. The van der Waals surface area contributed by atoms with Crippen LogP contribution < -0.4 is 16.4 Å². The van der Waals surface area contributed by atoms with Crippen LogP contribution in [0, 0.1) is 11.8 Å². The van der Waals surface area contributed by atoms with E-state index in [4.69, 9.17) is 5.73 Å². The summed E-state index contributed by atoms with van der Waals surface area (Å²) in [6.07, 6.45) is -1.68. The summed E-state index contributed by atoms with van der Waals surface area (Å²) in [6.45, 7) is 1.55. The number of phenols is 1. The van der Waals surface area contributed by atoms with E-state index in [1.807, 2.05) is 0 Å². The zero-order valence-electron chi connectivity index (χ0n) is 22.0. The van der Waals surface area contributed by atoms with Gasteiger partial charge in [-0.1, -0.05) is 13.0 Å².